The molecule has 30 heavy (non-hydrogen) atoms. The summed E-state index contributed by atoms with van der Waals surface area (Å²) in [7, 11) is 0. The van der Waals surface area contributed by atoms with Gasteiger partial charge in [-0.1, -0.05) is 23.8 Å². The van der Waals surface area contributed by atoms with Crippen LogP contribution < -0.4 is 21.9 Å². The van der Waals surface area contributed by atoms with E-state index < -0.39 is 17.4 Å². The van der Waals surface area contributed by atoms with E-state index in [1.54, 1.807) is 18.2 Å². The number of aryl methyl sites for hydroxylation is 2. The van der Waals surface area contributed by atoms with E-state index in [0.29, 0.717) is 16.9 Å². The summed E-state index contributed by atoms with van der Waals surface area (Å²) in [4.78, 5) is 49.2. The maximum absolute atomic E-state index is 12.7. The van der Waals surface area contributed by atoms with Crippen LogP contribution >= 0.6 is 0 Å². The number of anilines is 2. The summed E-state index contributed by atoms with van der Waals surface area (Å²) >= 11 is 0. The Bertz CT molecular complexity index is 1310. The summed E-state index contributed by atoms with van der Waals surface area (Å²) in [5, 5.41) is 4.97. The van der Waals surface area contributed by atoms with Crippen molar-refractivity contribution in [2.75, 3.05) is 11.1 Å². The number of fused-ring (bicyclic) bond motifs is 1. The van der Waals surface area contributed by atoms with Gasteiger partial charge in [0.2, 0.25) is 0 Å². The van der Waals surface area contributed by atoms with Gasteiger partial charge in [-0.3, -0.25) is 29.1 Å². The molecule has 0 radical (unpaired) electrons. The van der Waals surface area contributed by atoms with Crippen LogP contribution in [0.5, 0.6) is 0 Å². The highest BCUT2D eigenvalue weighted by molar-refractivity contribution is 6.23. The summed E-state index contributed by atoms with van der Waals surface area (Å²) < 4.78 is 1.10. The van der Waals surface area contributed by atoms with Crippen LogP contribution in [0.1, 0.15) is 42.2 Å². The second kappa shape index (κ2) is 7.00. The molecule has 0 saturated heterocycles. The second-order valence-corrected chi connectivity index (χ2v) is 7.10. The number of imide groups is 1. The summed E-state index contributed by atoms with van der Waals surface area (Å²) in [5.74, 6) is -1.84. The van der Waals surface area contributed by atoms with Crippen LogP contribution in [0.25, 0.3) is 5.69 Å². The zero-order valence-electron chi connectivity index (χ0n) is 16.3. The molecule has 3 amide bonds. The number of hydrogen-bond donors (Lipinski definition) is 3. The Balaban J connectivity index is 1.73. The molecular formula is C22H18N4O4. The molecule has 0 saturated carbocycles. The topological polar surface area (TPSA) is 123 Å². The number of benzene rings is 2. The van der Waals surface area contributed by atoms with Crippen LogP contribution in [0, 0.1) is 13.8 Å². The monoisotopic (exact) mass is 402 g/mol. The van der Waals surface area contributed by atoms with Crippen molar-refractivity contribution in [3.8, 4) is 5.69 Å². The molecule has 0 spiro atoms. The van der Waals surface area contributed by atoms with Crippen LogP contribution in [0.2, 0.25) is 0 Å². The van der Waals surface area contributed by atoms with Crippen LogP contribution in [-0.4, -0.2) is 22.3 Å². The van der Waals surface area contributed by atoms with E-state index in [1.165, 1.54) is 6.07 Å². The standard InChI is InChI=1S/C22H18N4O4/c1-11-6-7-16(12(2)8-11)24-20(28)13-4-3-5-14(9-13)26-17(27)10-15-18(19(26)23)22(30)25-21(15)29/h3-10H,23H2,1-2H3,(H,24,28)(H,25,29,30). The van der Waals surface area contributed by atoms with Gasteiger partial charge < -0.3 is 11.1 Å². The number of nitrogens with two attached hydrogens (primary N) is 1. The highest BCUT2D eigenvalue weighted by Gasteiger charge is 2.31. The van der Waals surface area contributed by atoms with Crippen molar-refractivity contribution in [3.63, 3.8) is 0 Å². The molecule has 4 rings (SSSR count). The molecule has 0 fully saturated rings. The fourth-order valence-corrected chi connectivity index (χ4v) is 3.48. The number of carbonyl (C=O) groups is 3. The summed E-state index contributed by atoms with van der Waals surface area (Å²) in [5.41, 5.74) is 8.67. The number of nitrogens with zero attached hydrogens (tertiary/aromatic N) is 1. The number of aromatic nitrogens is 1. The molecule has 4 N–H and O–H groups in total. The maximum atomic E-state index is 12.7. The average molecular weight is 402 g/mol. The Hall–Kier alpha value is -4.20. The van der Waals surface area contributed by atoms with Gasteiger partial charge in [0.25, 0.3) is 23.3 Å². The van der Waals surface area contributed by atoms with Gasteiger partial charge in [0.15, 0.2) is 0 Å². The number of nitrogen functional groups attached to an aromatic ring is 1. The molecular weight excluding hydrogens is 384 g/mol. The van der Waals surface area contributed by atoms with Crippen LogP contribution in [-0.2, 0) is 0 Å². The number of carbonyl (C=O) groups excluding carboxylic acids is 3. The zero-order valence-corrected chi connectivity index (χ0v) is 16.3. The minimum atomic E-state index is -0.662. The third-order valence-corrected chi connectivity index (χ3v) is 4.95. The first-order valence-corrected chi connectivity index (χ1v) is 9.16. The highest BCUT2D eigenvalue weighted by atomic mass is 16.2. The van der Waals surface area contributed by atoms with Gasteiger partial charge in [0.05, 0.1) is 16.8 Å². The van der Waals surface area contributed by atoms with Gasteiger partial charge in [-0.25, -0.2) is 0 Å². The fourth-order valence-electron chi connectivity index (χ4n) is 3.48. The maximum Gasteiger partial charge on any atom is 0.262 e. The van der Waals surface area contributed by atoms with E-state index in [9.17, 15) is 19.2 Å². The Labute approximate surface area is 171 Å². The predicted molar refractivity (Wildman–Crippen MR) is 112 cm³/mol. The smallest absolute Gasteiger partial charge is 0.262 e. The average Bonchev–Trinajstić information content (AvgIpc) is 2.97. The number of nitrogens with one attached hydrogen (secondary N) is 2. The van der Waals surface area contributed by atoms with Crippen molar-refractivity contribution >= 4 is 29.2 Å². The predicted octanol–water partition coefficient (Wildman–Crippen LogP) is 2.17. The molecule has 1 aromatic heterocycles. The van der Waals surface area contributed by atoms with Gasteiger partial charge in [0.1, 0.15) is 5.82 Å². The number of amides is 3. The highest BCUT2D eigenvalue weighted by Crippen LogP contribution is 2.23. The summed E-state index contributed by atoms with van der Waals surface area (Å²) in [6.45, 7) is 3.87. The molecule has 0 aliphatic carbocycles. The molecule has 0 unspecified atom stereocenters. The van der Waals surface area contributed by atoms with E-state index in [-0.39, 0.29) is 22.9 Å². The molecule has 2 aromatic carbocycles. The lowest BCUT2D eigenvalue weighted by Crippen LogP contribution is -2.24. The number of rotatable bonds is 3. The van der Waals surface area contributed by atoms with Crippen molar-refractivity contribution in [2.24, 2.45) is 0 Å². The Morgan fingerprint density at radius 3 is 2.50 bits per heavy atom. The van der Waals surface area contributed by atoms with E-state index in [2.05, 4.69) is 10.6 Å². The van der Waals surface area contributed by atoms with Crippen molar-refractivity contribution in [1.29, 1.82) is 0 Å². The first kappa shape index (κ1) is 19.1. The van der Waals surface area contributed by atoms with Crippen molar-refractivity contribution in [2.45, 2.75) is 13.8 Å². The number of hydrogen-bond acceptors (Lipinski definition) is 5. The van der Waals surface area contributed by atoms with Crippen molar-refractivity contribution in [3.05, 3.63) is 86.7 Å². The molecule has 2 heterocycles. The third-order valence-electron chi connectivity index (χ3n) is 4.95. The molecule has 150 valence electrons. The van der Waals surface area contributed by atoms with Crippen LogP contribution in [0.15, 0.2) is 53.3 Å². The second-order valence-electron chi connectivity index (χ2n) is 7.10. The van der Waals surface area contributed by atoms with Crippen LogP contribution in [0.4, 0.5) is 11.5 Å². The van der Waals surface area contributed by atoms with E-state index in [4.69, 9.17) is 5.73 Å². The molecule has 8 heteroatoms. The minimum absolute atomic E-state index is 0.0512. The Kier molecular flexibility index (Phi) is 4.46. The zero-order chi connectivity index (χ0) is 21.6. The molecule has 1 aliphatic heterocycles. The van der Waals surface area contributed by atoms with Crippen molar-refractivity contribution < 1.29 is 14.4 Å². The van der Waals surface area contributed by atoms with E-state index in [1.807, 2.05) is 32.0 Å². The third kappa shape index (κ3) is 3.14. The summed E-state index contributed by atoms with van der Waals surface area (Å²) in [6.07, 6.45) is 0. The molecule has 1 aliphatic rings. The first-order valence-electron chi connectivity index (χ1n) is 9.16. The summed E-state index contributed by atoms with van der Waals surface area (Å²) in [6, 6.07) is 13.0. The fraction of sp³-hybridized carbons (Fsp3) is 0.0909. The SMILES string of the molecule is Cc1ccc(NC(=O)c2cccc(-n3c(N)c4c(cc3=O)C(=O)NC4=O)c2)c(C)c1. The first-order chi connectivity index (χ1) is 14.3. The van der Waals surface area contributed by atoms with Gasteiger partial charge in [-0.2, -0.15) is 0 Å². The normalized spacial score (nSPS) is 12.5. The minimum Gasteiger partial charge on any atom is -0.384 e. The molecule has 8 nitrogen and oxygen atoms in total. The lowest BCUT2D eigenvalue weighted by Gasteiger charge is -2.13. The molecule has 0 atom stereocenters. The Morgan fingerprint density at radius 2 is 1.77 bits per heavy atom. The number of pyridine rings is 1. The van der Waals surface area contributed by atoms with Crippen molar-refractivity contribution in [1.82, 2.24) is 9.88 Å². The lowest BCUT2D eigenvalue weighted by atomic mass is 10.1. The van der Waals surface area contributed by atoms with E-state index >= 15 is 0 Å². The van der Waals surface area contributed by atoms with Gasteiger partial charge >= 0.3 is 0 Å². The van der Waals surface area contributed by atoms with E-state index in [0.717, 1.165) is 21.8 Å². The van der Waals surface area contributed by atoms with Gasteiger partial charge in [0, 0.05) is 17.3 Å². The van der Waals surface area contributed by atoms with Crippen LogP contribution in [0.3, 0.4) is 0 Å². The quantitative estimate of drug-likeness (QED) is 0.580. The largest absolute Gasteiger partial charge is 0.384 e. The molecule has 3 aromatic rings. The van der Waals surface area contributed by atoms with Gasteiger partial charge in [-0.05, 0) is 43.7 Å². The Morgan fingerprint density at radius 1 is 1.00 bits per heavy atom. The van der Waals surface area contributed by atoms with Gasteiger partial charge in [-0.15, -0.1) is 0 Å². The molecule has 0 bridgehead atoms. The lowest BCUT2D eigenvalue weighted by molar-refractivity contribution is 0.0879.